The number of likely N-dealkylation sites (N-methyl/N-ethyl adjacent to an activating group) is 1. The molecule has 2 aromatic rings. The van der Waals surface area contributed by atoms with Crippen LogP contribution in [0.3, 0.4) is 0 Å². The maximum absolute atomic E-state index is 11.7. The van der Waals surface area contributed by atoms with Gasteiger partial charge in [-0.15, -0.1) is 10.2 Å². The molecule has 2 aromatic heterocycles. The summed E-state index contributed by atoms with van der Waals surface area (Å²) in [5.41, 5.74) is 0.825. The smallest absolute Gasteiger partial charge is 0.323 e. The van der Waals surface area contributed by atoms with Crippen LogP contribution in [0.5, 0.6) is 0 Å². The number of fused-ring (bicyclic) bond motifs is 1. The van der Waals surface area contributed by atoms with E-state index in [1.54, 1.807) is 18.8 Å². The molecule has 20 heavy (non-hydrogen) atoms. The molecule has 0 aliphatic heterocycles. The summed E-state index contributed by atoms with van der Waals surface area (Å²) in [5.74, 6) is 0.557. The molecule has 7 heteroatoms. The molecular formula is C13H18N4O2S. The van der Waals surface area contributed by atoms with Gasteiger partial charge in [-0.25, -0.2) is 0 Å². The van der Waals surface area contributed by atoms with Crippen LogP contribution in [-0.4, -0.2) is 46.0 Å². The highest BCUT2D eigenvalue weighted by Gasteiger charge is 2.17. The summed E-state index contributed by atoms with van der Waals surface area (Å²) in [6, 6.07) is 5.50. The maximum Gasteiger partial charge on any atom is 0.323 e. The summed E-state index contributed by atoms with van der Waals surface area (Å²) in [7, 11) is 1.76. The van der Waals surface area contributed by atoms with Crippen molar-refractivity contribution in [2.75, 3.05) is 19.4 Å². The summed E-state index contributed by atoms with van der Waals surface area (Å²) >= 11 is 1.58. The first-order valence-corrected chi connectivity index (χ1v) is 7.51. The molecule has 2 rings (SSSR count). The number of esters is 1. The molecule has 0 radical (unpaired) electrons. The van der Waals surface area contributed by atoms with Crippen molar-refractivity contribution >= 4 is 23.4 Å². The van der Waals surface area contributed by atoms with Gasteiger partial charge in [0.1, 0.15) is 6.04 Å². The molecule has 0 saturated heterocycles. The van der Waals surface area contributed by atoms with Crippen molar-refractivity contribution in [2.24, 2.45) is 0 Å². The first-order valence-electron chi connectivity index (χ1n) is 6.52. The van der Waals surface area contributed by atoms with Crippen LogP contribution in [0, 0.1) is 0 Å². The van der Waals surface area contributed by atoms with Crippen LogP contribution in [0.2, 0.25) is 0 Å². The number of thioether (sulfide) groups is 1. The van der Waals surface area contributed by atoms with E-state index in [1.165, 1.54) is 0 Å². The number of hydrogen-bond donors (Lipinski definition) is 1. The highest BCUT2D eigenvalue weighted by Crippen LogP contribution is 2.18. The number of rotatable bonds is 7. The molecule has 1 unspecified atom stereocenters. The zero-order chi connectivity index (χ0) is 14.4. The largest absolute Gasteiger partial charge is 0.465 e. The zero-order valence-corrected chi connectivity index (χ0v) is 12.4. The molecule has 0 spiro atoms. The number of carbonyl (C=O) groups excluding carboxylic acids is 1. The predicted octanol–water partition coefficient (Wildman–Crippen LogP) is 1.36. The fourth-order valence-electron chi connectivity index (χ4n) is 1.81. The van der Waals surface area contributed by atoms with Gasteiger partial charge in [0.25, 0.3) is 0 Å². The van der Waals surface area contributed by atoms with Gasteiger partial charge in [-0.2, -0.15) is 0 Å². The fourth-order valence-corrected chi connectivity index (χ4v) is 2.74. The van der Waals surface area contributed by atoms with Crippen molar-refractivity contribution in [3.63, 3.8) is 0 Å². The molecule has 0 fully saturated rings. The third-order valence-electron chi connectivity index (χ3n) is 2.84. The van der Waals surface area contributed by atoms with Crippen LogP contribution in [-0.2, 0) is 9.53 Å². The standard InChI is InChI=1S/C13H18N4O2S/c1-3-19-12(18)10(14-2)7-9-20-13-16-15-11-6-4-5-8-17(11)13/h4-6,8,10,14H,3,7,9H2,1-2H3. The lowest BCUT2D eigenvalue weighted by atomic mass is 10.2. The molecule has 0 aliphatic rings. The van der Waals surface area contributed by atoms with Crippen LogP contribution in [0.25, 0.3) is 5.65 Å². The third kappa shape index (κ3) is 3.49. The normalized spacial score (nSPS) is 12.5. The van der Waals surface area contributed by atoms with Gasteiger partial charge in [0.2, 0.25) is 0 Å². The second-order valence-corrected chi connectivity index (χ2v) is 5.20. The van der Waals surface area contributed by atoms with Crippen molar-refractivity contribution in [2.45, 2.75) is 24.5 Å². The van der Waals surface area contributed by atoms with Gasteiger partial charge in [-0.05, 0) is 32.5 Å². The molecule has 108 valence electrons. The van der Waals surface area contributed by atoms with Crippen molar-refractivity contribution in [3.8, 4) is 0 Å². The Morgan fingerprint density at radius 3 is 3.10 bits per heavy atom. The zero-order valence-electron chi connectivity index (χ0n) is 11.6. The van der Waals surface area contributed by atoms with E-state index in [9.17, 15) is 4.79 Å². The number of ether oxygens (including phenoxy) is 1. The Hall–Kier alpha value is -1.60. The van der Waals surface area contributed by atoms with E-state index in [4.69, 9.17) is 4.74 Å². The van der Waals surface area contributed by atoms with E-state index in [0.717, 1.165) is 16.6 Å². The van der Waals surface area contributed by atoms with Gasteiger partial charge >= 0.3 is 5.97 Å². The van der Waals surface area contributed by atoms with Gasteiger partial charge in [0, 0.05) is 11.9 Å². The van der Waals surface area contributed by atoms with Gasteiger partial charge in [0.15, 0.2) is 10.8 Å². The molecular weight excluding hydrogens is 276 g/mol. The first kappa shape index (κ1) is 14.8. The van der Waals surface area contributed by atoms with E-state index in [0.29, 0.717) is 13.0 Å². The average Bonchev–Trinajstić information content (AvgIpc) is 2.87. The molecule has 0 amide bonds. The number of nitrogens with one attached hydrogen (secondary N) is 1. The SMILES string of the molecule is CCOC(=O)C(CCSc1nnc2ccccn12)NC. The summed E-state index contributed by atoms with van der Waals surface area (Å²) in [6.45, 7) is 2.21. The number of nitrogens with zero attached hydrogens (tertiary/aromatic N) is 3. The minimum Gasteiger partial charge on any atom is -0.465 e. The highest BCUT2D eigenvalue weighted by atomic mass is 32.2. The van der Waals surface area contributed by atoms with E-state index in [-0.39, 0.29) is 12.0 Å². The maximum atomic E-state index is 11.7. The summed E-state index contributed by atoms with van der Waals surface area (Å²) in [4.78, 5) is 11.7. The van der Waals surface area contributed by atoms with Gasteiger partial charge in [-0.1, -0.05) is 17.8 Å². The molecule has 1 atom stereocenters. The Morgan fingerprint density at radius 1 is 1.50 bits per heavy atom. The van der Waals surface area contributed by atoms with Gasteiger partial charge in [0.05, 0.1) is 6.61 Å². The van der Waals surface area contributed by atoms with Crippen molar-refractivity contribution in [1.82, 2.24) is 19.9 Å². The number of carbonyl (C=O) groups is 1. The molecule has 1 N–H and O–H groups in total. The van der Waals surface area contributed by atoms with Crippen LogP contribution in [0.15, 0.2) is 29.6 Å². The highest BCUT2D eigenvalue weighted by molar-refractivity contribution is 7.99. The summed E-state index contributed by atoms with van der Waals surface area (Å²) in [6.07, 6.45) is 2.61. The topological polar surface area (TPSA) is 68.5 Å². The lowest BCUT2D eigenvalue weighted by Gasteiger charge is -2.13. The van der Waals surface area contributed by atoms with Crippen LogP contribution in [0.1, 0.15) is 13.3 Å². The summed E-state index contributed by atoms with van der Waals surface area (Å²) in [5, 5.41) is 12.0. The second kappa shape index (κ2) is 7.25. The quantitative estimate of drug-likeness (QED) is 0.614. The molecule has 2 heterocycles. The Bertz CT molecular complexity index is 572. The van der Waals surface area contributed by atoms with Crippen LogP contribution < -0.4 is 5.32 Å². The molecule has 6 nitrogen and oxygen atoms in total. The Kier molecular flexibility index (Phi) is 5.37. The van der Waals surface area contributed by atoms with E-state index in [2.05, 4.69) is 15.5 Å². The Morgan fingerprint density at radius 2 is 2.35 bits per heavy atom. The van der Waals surface area contributed by atoms with Crippen molar-refractivity contribution in [3.05, 3.63) is 24.4 Å². The average molecular weight is 294 g/mol. The third-order valence-corrected chi connectivity index (χ3v) is 3.82. The molecule has 0 saturated carbocycles. The number of aromatic nitrogens is 3. The Balaban J connectivity index is 1.90. The summed E-state index contributed by atoms with van der Waals surface area (Å²) < 4.78 is 6.94. The van der Waals surface area contributed by atoms with E-state index in [1.807, 2.05) is 35.7 Å². The predicted molar refractivity (Wildman–Crippen MR) is 77.8 cm³/mol. The van der Waals surface area contributed by atoms with Gasteiger partial charge in [-0.3, -0.25) is 9.20 Å². The second-order valence-electron chi connectivity index (χ2n) is 4.14. The van der Waals surface area contributed by atoms with Gasteiger partial charge < -0.3 is 10.1 Å². The first-order chi connectivity index (χ1) is 9.76. The molecule has 0 aliphatic carbocycles. The van der Waals surface area contributed by atoms with Crippen molar-refractivity contribution in [1.29, 1.82) is 0 Å². The molecule has 0 bridgehead atoms. The minimum atomic E-state index is -0.276. The van der Waals surface area contributed by atoms with E-state index < -0.39 is 0 Å². The lowest BCUT2D eigenvalue weighted by Crippen LogP contribution is -2.36. The van der Waals surface area contributed by atoms with Crippen LogP contribution in [0.4, 0.5) is 0 Å². The Labute approximate surface area is 121 Å². The molecule has 0 aromatic carbocycles. The van der Waals surface area contributed by atoms with Crippen molar-refractivity contribution < 1.29 is 9.53 Å². The minimum absolute atomic E-state index is 0.207. The lowest BCUT2D eigenvalue weighted by molar-refractivity contribution is -0.145. The fraction of sp³-hybridized carbons (Fsp3) is 0.462. The number of hydrogen-bond acceptors (Lipinski definition) is 6. The van der Waals surface area contributed by atoms with Crippen LogP contribution >= 0.6 is 11.8 Å². The van der Waals surface area contributed by atoms with E-state index >= 15 is 0 Å². The monoisotopic (exact) mass is 294 g/mol. The number of pyridine rings is 1.